The highest BCUT2D eigenvalue weighted by Crippen LogP contribution is 2.32. The maximum Gasteiger partial charge on any atom is 0.422 e. The van der Waals surface area contributed by atoms with E-state index in [0.29, 0.717) is 48.8 Å². The van der Waals surface area contributed by atoms with Gasteiger partial charge in [0.1, 0.15) is 30.5 Å². The van der Waals surface area contributed by atoms with Crippen molar-refractivity contribution in [3.05, 3.63) is 69.8 Å². The lowest BCUT2D eigenvalue weighted by atomic mass is 10.0. The number of aliphatic carboxylic acids is 1. The summed E-state index contributed by atoms with van der Waals surface area (Å²) in [6.45, 7) is 0.985. The zero-order valence-corrected chi connectivity index (χ0v) is 19.4. The number of nitrogens with zero attached hydrogens (tertiary/aromatic N) is 1. The molecule has 2 aliphatic rings. The Morgan fingerprint density at radius 3 is 2.74 bits per heavy atom. The second kappa shape index (κ2) is 10.6. The Bertz CT molecular complexity index is 1160. The summed E-state index contributed by atoms with van der Waals surface area (Å²) in [5.41, 5.74) is 3.05. The summed E-state index contributed by atoms with van der Waals surface area (Å²) >= 11 is 6.03. The molecule has 0 fully saturated rings. The van der Waals surface area contributed by atoms with E-state index in [1.807, 2.05) is 12.1 Å². The maximum atomic E-state index is 12.3. The summed E-state index contributed by atoms with van der Waals surface area (Å²) in [6.07, 6.45) is 0.0815. The number of carbonyl (C=O) groups is 1. The largest absolute Gasteiger partial charge is 0.489 e. The predicted molar refractivity (Wildman–Crippen MR) is 124 cm³/mol. The third kappa shape index (κ3) is 6.93. The van der Waals surface area contributed by atoms with Gasteiger partial charge in [0.25, 0.3) is 0 Å². The molecule has 35 heavy (non-hydrogen) atoms. The zero-order chi connectivity index (χ0) is 25.0. The Labute approximate surface area is 205 Å². The number of fused-ring (bicyclic) bond motifs is 1. The topological polar surface area (TPSA) is 68.2 Å². The Balaban J connectivity index is 1.34. The third-order valence-electron chi connectivity index (χ3n) is 5.48. The summed E-state index contributed by atoms with van der Waals surface area (Å²) in [5.74, 6) is 0.318. The van der Waals surface area contributed by atoms with Crippen molar-refractivity contribution in [3.8, 4) is 17.2 Å². The van der Waals surface area contributed by atoms with Crippen LogP contribution in [0.5, 0.6) is 17.2 Å². The Morgan fingerprint density at radius 1 is 1.17 bits per heavy atom. The number of carboxylic acids is 1. The van der Waals surface area contributed by atoms with E-state index in [9.17, 15) is 23.1 Å². The summed E-state index contributed by atoms with van der Waals surface area (Å²) in [4.78, 5) is 13.3. The molecule has 2 aromatic carbocycles. The van der Waals surface area contributed by atoms with E-state index in [-0.39, 0.29) is 17.4 Å². The van der Waals surface area contributed by atoms with Crippen molar-refractivity contribution in [2.75, 3.05) is 32.8 Å². The van der Waals surface area contributed by atoms with Gasteiger partial charge in [-0.15, -0.1) is 0 Å². The molecule has 10 heteroatoms. The van der Waals surface area contributed by atoms with Gasteiger partial charge in [0.05, 0.1) is 5.02 Å². The van der Waals surface area contributed by atoms with Gasteiger partial charge in [-0.1, -0.05) is 23.7 Å². The van der Waals surface area contributed by atoms with Crippen LogP contribution in [0.1, 0.15) is 17.5 Å². The summed E-state index contributed by atoms with van der Waals surface area (Å²) in [6, 6.07) is 9.93. The molecule has 0 spiro atoms. The van der Waals surface area contributed by atoms with Gasteiger partial charge in [0.15, 0.2) is 6.61 Å². The number of halogens is 4. The first-order chi connectivity index (χ1) is 16.7. The van der Waals surface area contributed by atoms with Crippen molar-refractivity contribution >= 4 is 23.6 Å². The molecule has 0 atom stereocenters. The highest BCUT2D eigenvalue weighted by atomic mass is 35.5. The van der Waals surface area contributed by atoms with Crippen molar-refractivity contribution in [1.82, 2.24) is 4.90 Å². The van der Waals surface area contributed by atoms with Crippen LogP contribution in [0.3, 0.4) is 0 Å². The van der Waals surface area contributed by atoms with Gasteiger partial charge >= 0.3 is 12.1 Å². The Morgan fingerprint density at radius 2 is 2.00 bits per heavy atom. The number of alkyl halides is 3. The van der Waals surface area contributed by atoms with E-state index in [1.165, 1.54) is 12.1 Å². The fourth-order valence-corrected chi connectivity index (χ4v) is 4.09. The van der Waals surface area contributed by atoms with Gasteiger partial charge in [-0.05, 0) is 47.9 Å². The summed E-state index contributed by atoms with van der Waals surface area (Å²) in [5, 5.41) is 9.28. The predicted octanol–water partition coefficient (Wildman–Crippen LogP) is 5.35. The van der Waals surface area contributed by atoms with E-state index >= 15 is 0 Å². The molecular weight excluding hydrogens is 487 g/mol. The van der Waals surface area contributed by atoms with Crippen LogP contribution in [0.15, 0.2) is 53.6 Å². The van der Waals surface area contributed by atoms with E-state index in [2.05, 4.69) is 4.90 Å². The highest BCUT2D eigenvalue weighted by molar-refractivity contribution is 6.32. The molecule has 0 saturated heterocycles. The quantitative estimate of drug-likeness (QED) is 0.517. The van der Waals surface area contributed by atoms with Crippen molar-refractivity contribution in [1.29, 1.82) is 0 Å². The van der Waals surface area contributed by atoms with Crippen LogP contribution >= 0.6 is 11.6 Å². The van der Waals surface area contributed by atoms with Crippen molar-refractivity contribution in [2.45, 2.75) is 19.2 Å². The molecule has 0 aliphatic carbocycles. The molecule has 2 aliphatic heterocycles. The first kappa shape index (κ1) is 24.9. The van der Waals surface area contributed by atoms with Gasteiger partial charge in [-0.3, -0.25) is 4.90 Å². The van der Waals surface area contributed by atoms with Gasteiger partial charge < -0.3 is 19.3 Å². The Kier molecular flexibility index (Phi) is 7.57. The lowest BCUT2D eigenvalue weighted by molar-refractivity contribution is -0.153. The molecule has 0 unspecified atom stereocenters. The van der Waals surface area contributed by atoms with Crippen LogP contribution in [-0.2, 0) is 11.4 Å². The smallest absolute Gasteiger partial charge is 0.422 e. The second-order valence-electron chi connectivity index (χ2n) is 8.28. The molecule has 0 saturated carbocycles. The molecule has 2 heterocycles. The monoisotopic (exact) mass is 509 g/mol. The number of hydrogen-bond acceptors (Lipinski definition) is 5. The second-order valence-corrected chi connectivity index (χ2v) is 8.69. The molecule has 186 valence electrons. The van der Waals surface area contributed by atoms with Crippen molar-refractivity contribution in [3.63, 3.8) is 0 Å². The first-order valence-electron chi connectivity index (χ1n) is 10.9. The number of rotatable bonds is 8. The van der Waals surface area contributed by atoms with Crippen LogP contribution < -0.4 is 14.2 Å². The van der Waals surface area contributed by atoms with Gasteiger partial charge in [-0.2, -0.15) is 13.2 Å². The number of ether oxygens (including phenoxy) is 3. The number of carboxylic acid groups (broad SMARTS) is 1. The summed E-state index contributed by atoms with van der Waals surface area (Å²) in [7, 11) is 0. The molecule has 1 N–H and O–H groups in total. The average Bonchev–Trinajstić information content (AvgIpc) is 2.81. The fourth-order valence-electron chi connectivity index (χ4n) is 3.83. The van der Waals surface area contributed by atoms with Crippen LogP contribution in [0, 0.1) is 0 Å². The van der Waals surface area contributed by atoms with E-state index in [1.54, 1.807) is 24.3 Å². The zero-order valence-electron chi connectivity index (χ0n) is 18.6. The first-order valence-corrected chi connectivity index (χ1v) is 11.3. The molecule has 0 amide bonds. The maximum absolute atomic E-state index is 12.3. The molecule has 0 bridgehead atoms. The highest BCUT2D eigenvalue weighted by Gasteiger charge is 2.28. The lowest BCUT2D eigenvalue weighted by Crippen LogP contribution is -2.34. The standard InChI is InChI=1S/C25H23ClF3NO5/c26-21-9-16(3-6-22(21)35-15-25(27,28)29)13-33-20-5-4-18-8-17(14-34-23(18)10-20)11-30-7-1-2-19(12-30)24(31)32/h2-6,8-10H,1,7,11-15H2,(H,31,32). The normalized spacial score (nSPS) is 16.0. The van der Waals surface area contributed by atoms with Crippen LogP contribution in [-0.4, -0.2) is 55.0 Å². The minimum atomic E-state index is -4.44. The summed E-state index contributed by atoms with van der Waals surface area (Å²) < 4.78 is 53.4. The average molecular weight is 510 g/mol. The van der Waals surface area contributed by atoms with E-state index in [0.717, 1.165) is 17.7 Å². The molecule has 4 rings (SSSR count). The van der Waals surface area contributed by atoms with E-state index < -0.39 is 18.8 Å². The van der Waals surface area contributed by atoms with Crippen LogP contribution in [0.25, 0.3) is 6.08 Å². The minimum absolute atomic E-state index is 0.0442. The van der Waals surface area contributed by atoms with Crippen LogP contribution in [0.4, 0.5) is 13.2 Å². The van der Waals surface area contributed by atoms with Gasteiger partial charge in [0.2, 0.25) is 0 Å². The molecule has 2 aromatic rings. The van der Waals surface area contributed by atoms with Gasteiger partial charge in [0, 0.05) is 36.8 Å². The SMILES string of the molecule is O=C(O)C1=CCCN(CC2=Cc3ccc(OCc4ccc(OCC(F)(F)F)c(Cl)c4)cc3OC2)C1. The Hall–Kier alpha value is -3.17. The van der Waals surface area contributed by atoms with Crippen molar-refractivity contribution in [2.24, 2.45) is 0 Å². The van der Waals surface area contributed by atoms with Crippen molar-refractivity contribution < 1.29 is 37.3 Å². The number of benzene rings is 2. The fraction of sp³-hybridized carbons (Fsp3) is 0.320. The molecule has 6 nitrogen and oxygen atoms in total. The van der Waals surface area contributed by atoms with Gasteiger partial charge in [-0.25, -0.2) is 4.79 Å². The molecule has 0 aromatic heterocycles. The molecular formula is C25H23ClF3NO5. The van der Waals surface area contributed by atoms with Crippen LogP contribution in [0.2, 0.25) is 5.02 Å². The minimum Gasteiger partial charge on any atom is -0.489 e. The molecule has 0 radical (unpaired) electrons. The number of hydrogen-bond donors (Lipinski definition) is 1. The third-order valence-corrected chi connectivity index (χ3v) is 5.78. The lowest BCUT2D eigenvalue weighted by Gasteiger charge is -2.28. The van der Waals surface area contributed by atoms with E-state index in [4.69, 9.17) is 25.8 Å².